The van der Waals surface area contributed by atoms with Gasteiger partial charge in [0.05, 0.1) is 7.11 Å². The Bertz CT molecular complexity index is 389. The molecule has 1 N–H and O–H groups in total. The molecular formula is C13H26N2O4S. The van der Waals surface area contributed by atoms with Gasteiger partial charge in [0, 0.05) is 26.1 Å². The molecular weight excluding hydrogens is 280 g/mol. The number of methoxy groups -OCH3 is 1. The van der Waals surface area contributed by atoms with Crippen LogP contribution in [0.25, 0.3) is 0 Å². The molecule has 0 aromatic carbocycles. The van der Waals surface area contributed by atoms with Crippen molar-refractivity contribution in [2.75, 3.05) is 26.7 Å². The Morgan fingerprint density at radius 3 is 2.50 bits per heavy atom. The number of nitrogens with one attached hydrogen (secondary N) is 1. The van der Waals surface area contributed by atoms with Gasteiger partial charge in [-0.2, -0.15) is 12.7 Å². The molecule has 1 aliphatic heterocycles. The third kappa shape index (κ3) is 6.19. The summed E-state index contributed by atoms with van der Waals surface area (Å²) in [5.74, 6) is 0.396. The Hall–Kier alpha value is -0.660. The zero-order valence-corrected chi connectivity index (χ0v) is 13.2. The molecule has 0 saturated carbocycles. The zero-order valence-electron chi connectivity index (χ0n) is 12.4. The van der Waals surface area contributed by atoms with E-state index in [0.717, 1.165) is 32.1 Å². The van der Waals surface area contributed by atoms with E-state index < -0.39 is 10.2 Å². The zero-order chi connectivity index (χ0) is 15.0. The maximum absolute atomic E-state index is 12.0. The predicted octanol–water partition coefficient (Wildman–Crippen LogP) is 1.29. The summed E-state index contributed by atoms with van der Waals surface area (Å²) in [6.45, 7) is 3.80. The summed E-state index contributed by atoms with van der Waals surface area (Å²) in [5.41, 5.74) is 0. The van der Waals surface area contributed by atoms with E-state index >= 15 is 0 Å². The first-order valence-electron chi connectivity index (χ1n) is 7.27. The molecule has 0 aromatic rings. The third-order valence-corrected chi connectivity index (χ3v) is 5.27. The quantitative estimate of drug-likeness (QED) is 0.541. The number of hydrogen-bond acceptors (Lipinski definition) is 4. The number of rotatable bonds is 8. The molecule has 0 aromatic heterocycles. The van der Waals surface area contributed by atoms with Crippen molar-refractivity contribution in [2.45, 2.75) is 45.4 Å². The molecule has 0 radical (unpaired) electrons. The molecule has 1 fully saturated rings. The van der Waals surface area contributed by atoms with Crippen LogP contribution in [-0.2, 0) is 19.7 Å². The normalized spacial score (nSPS) is 18.1. The standard InChI is InChI=1S/C13H26N2O4S/c1-12-7-10-15(11-8-12)20(17,18)14-9-5-3-4-6-13(16)19-2/h12,14H,3-11H2,1-2H3. The lowest BCUT2D eigenvalue weighted by molar-refractivity contribution is -0.140. The highest BCUT2D eigenvalue weighted by atomic mass is 32.2. The maximum atomic E-state index is 12.0. The van der Waals surface area contributed by atoms with Gasteiger partial charge in [-0.05, 0) is 31.6 Å². The lowest BCUT2D eigenvalue weighted by Gasteiger charge is -2.29. The first-order valence-corrected chi connectivity index (χ1v) is 8.71. The van der Waals surface area contributed by atoms with Crippen molar-refractivity contribution in [1.29, 1.82) is 0 Å². The van der Waals surface area contributed by atoms with Crippen LogP contribution in [0.3, 0.4) is 0 Å². The monoisotopic (exact) mass is 306 g/mol. The van der Waals surface area contributed by atoms with Gasteiger partial charge in [0.2, 0.25) is 0 Å². The molecule has 7 heteroatoms. The third-order valence-electron chi connectivity index (χ3n) is 3.65. The fourth-order valence-corrected chi connectivity index (χ4v) is 3.47. The van der Waals surface area contributed by atoms with Gasteiger partial charge in [-0.15, -0.1) is 0 Å². The molecule has 118 valence electrons. The Balaban J connectivity index is 2.15. The summed E-state index contributed by atoms with van der Waals surface area (Å²) in [6.07, 6.45) is 4.54. The molecule has 0 spiro atoms. The molecule has 1 aliphatic rings. The molecule has 0 amide bonds. The minimum atomic E-state index is -3.32. The van der Waals surface area contributed by atoms with Crippen LogP contribution in [0.2, 0.25) is 0 Å². The van der Waals surface area contributed by atoms with Crippen molar-refractivity contribution in [1.82, 2.24) is 9.03 Å². The van der Waals surface area contributed by atoms with Gasteiger partial charge in [-0.25, -0.2) is 4.72 Å². The minimum absolute atomic E-state index is 0.215. The van der Waals surface area contributed by atoms with Gasteiger partial charge >= 0.3 is 5.97 Å². The number of nitrogens with zero attached hydrogens (tertiary/aromatic N) is 1. The van der Waals surface area contributed by atoms with Crippen LogP contribution >= 0.6 is 0 Å². The molecule has 0 unspecified atom stereocenters. The molecule has 1 rings (SSSR count). The van der Waals surface area contributed by atoms with Crippen LogP contribution in [0.1, 0.15) is 45.4 Å². The highest BCUT2D eigenvalue weighted by Crippen LogP contribution is 2.17. The number of ether oxygens (including phenoxy) is 1. The lowest BCUT2D eigenvalue weighted by atomic mass is 10.0. The Morgan fingerprint density at radius 2 is 1.90 bits per heavy atom. The van der Waals surface area contributed by atoms with E-state index in [1.54, 1.807) is 0 Å². The fourth-order valence-electron chi connectivity index (χ4n) is 2.19. The first-order chi connectivity index (χ1) is 9.45. The smallest absolute Gasteiger partial charge is 0.305 e. The molecule has 1 heterocycles. The molecule has 0 bridgehead atoms. The maximum Gasteiger partial charge on any atom is 0.305 e. The number of carbonyl (C=O) groups is 1. The average molecular weight is 306 g/mol. The number of piperidine rings is 1. The highest BCUT2D eigenvalue weighted by Gasteiger charge is 2.25. The Kier molecular flexibility index (Phi) is 7.47. The second-order valence-corrected chi connectivity index (χ2v) is 7.12. The second-order valence-electron chi connectivity index (χ2n) is 5.37. The van der Waals surface area contributed by atoms with Crippen molar-refractivity contribution < 1.29 is 17.9 Å². The summed E-state index contributed by atoms with van der Waals surface area (Å²) < 4.78 is 32.7. The molecule has 1 saturated heterocycles. The minimum Gasteiger partial charge on any atom is -0.469 e. The molecule has 0 aliphatic carbocycles. The number of hydrogen-bond donors (Lipinski definition) is 1. The van der Waals surface area contributed by atoms with Gasteiger partial charge < -0.3 is 4.74 Å². The van der Waals surface area contributed by atoms with Crippen LogP contribution in [-0.4, -0.2) is 45.4 Å². The van der Waals surface area contributed by atoms with Gasteiger partial charge in [0.15, 0.2) is 0 Å². The molecule has 0 atom stereocenters. The summed E-state index contributed by atoms with van der Waals surface area (Å²) in [5, 5.41) is 0. The van der Waals surface area contributed by atoms with Crippen molar-refractivity contribution in [3.8, 4) is 0 Å². The van der Waals surface area contributed by atoms with Crippen LogP contribution in [0, 0.1) is 5.92 Å². The summed E-state index contributed by atoms with van der Waals surface area (Å²) >= 11 is 0. The van der Waals surface area contributed by atoms with Crippen LogP contribution in [0.4, 0.5) is 0 Å². The fraction of sp³-hybridized carbons (Fsp3) is 0.923. The van der Waals surface area contributed by atoms with E-state index in [1.807, 2.05) is 0 Å². The number of unbranched alkanes of at least 4 members (excludes halogenated alkanes) is 2. The van der Waals surface area contributed by atoms with E-state index in [1.165, 1.54) is 11.4 Å². The van der Waals surface area contributed by atoms with Gasteiger partial charge in [0.1, 0.15) is 0 Å². The van der Waals surface area contributed by atoms with Gasteiger partial charge in [0.25, 0.3) is 10.2 Å². The Labute approximate surface area is 122 Å². The average Bonchev–Trinajstić information content (AvgIpc) is 2.42. The van der Waals surface area contributed by atoms with E-state index in [9.17, 15) is 13.2 Å². The van der Waals surface area contributed by atoms with Crippen molar-refractivity contribution in [3.05, 3.63) is 0 Å². The largest absolute Gasteiger partial charge is 0.469 e. The van der Waals surface area contributed by atoms with Crippen molar-refractivity contribution in [3.63, 3.8) is 0 Å². The van der Waals surface area contributed by atoms with Gasteiger partial charge in [-0.1, -0.05) is 13.3 Å². The topological polar surface area (TPSA) is 75.7 Å². The predicted molar refractivity (Wildman–Crippen MR) is 77.4 cm³/mol. The summed E-state index contributed by atoms with van der Waals surface area (Å²) in [7, 11) is -1.95. The Morgan fingerprint density at radius 1 is 1.25 bits per heavy atom. The van der Waals surface area contributed by atoms with Crippen molar-refractivity contribution in [2.24, 2.45) is 5.92 Å². The van der Waals surface area contributed by atoms with Crippen molar-refractivity contribution >= 4 is 16.2 Å². The molecule has 6 nitrogen and oxygen atoms in total. The van der Waals surface area contributed by atoms with E-state index in [-0.39, 0.29) is 5.97 Å². The van der Waals surface area contributed by atoms with Crippen LogP contribution < -0.4 is 4.72 Å². The number of esters is 1. The number of carbonyl (C=O) groups excluding carboxylic acids is 1. The van der Waals surface area contributed by atoms with Gasteiger partial charge in [-0.3, -0.25) is 4.79 Å². The lowest BCUT2D eigenvalue weighted by Crippen LogP contribution is -2.44. The summed E-state index contributed by atoms with van der Waals surface area (Å²) in [6, 6.07) is 0. The first kappa shape index (κ1) is 17.4. The van der Waals surface area contributed by atoms with E-state index in [0.29, 0.717) is 32.0 Å². The highest BCUT2D eigenvalue weighted by molar-refractivity contribution is 7.87. The molecule has 20 heavy (non-hydrogen) atoms. The van der Waals surface area contributed by atoms with Crippen LogP contribution in [0.15, 0.2) is 0 Å². The van der Waals surface area contributed by atoms with E-state index in [4.69, 9.17) is 0 Å². The summed E-state index contributed by atoms with van der Waals surface area (Å²) in [4.78, 5) is 10.9. The van der Waals surface area contributed by atoms with E-state index in [2.05, 4.69) is 16.4 Å². The van der Waals surface area contributed by atoms with Crippen LogP contribution in [0.5, 0.6) is 0 Å². The second kappa shape index (κ2) is 8.59. The SMILES string of the molecule is COC(=O)CCCCCNS(=O)(=O)N1CCC(C)CC1.